The van der Waals surface area contributed by atoms with Gasteiger partial charge >= 0.3 is 0 Å². The molecule has 1 unspecified atom stereocenters. The van der Waals surface area contributed by atoms with Crippen LogP contribution in [0.4, 0.5) is 0 Å². The van der Waals surface area contributed by atoms with Crippen LogP contribution in [-0.2, 0) is 12.8 Å². The Balaban J connectivity index is 1.99. The smallest absolute Gasteiger partial charge is 0.0420 e. The van der Waals surface area contributed by atoms with Gasteiger partial charge < -0.3 is 0 Å². The second kappa shape index (κ2) is 6.58. The quantitative estimate of drug-likeness (QED) is 0.654. The molecule has 0 aliphatic carbocycles. The molecule has 0 aromatic carbocycles. The first-order chi connectivity index (χ1) is 8.78. The molecule has 0 fully saturated rings. The Bertz CT molecular complexity index is 472. The molecule has 3 N–H and O–H groups in total. The summed E-state index contributed by atoms with van der Waals surface area (Å²) in [5.74, 6) is 5.58. The van der Waals surface area contributed by atoms with Gasteiger partial charge in [0.2, 0.25) is 0 Å². The van der Waals surface area contributed by atoms with Crippen LogP contribution in [0.15, 0.2) is 47.2 Å². The molecule has 2 rings (SSSR count). The minimum Gasteiger partial charge on any atom is -0.271 e. The number of nitrogens with zero attached hydrogens (tertiary/aromatic N) is 2. The molecule has 18 heavy (non-hydrogen) atoms. The van der Waals surface area contributed by atoms with Crippen LogP contribution in [0.5, 0.6) is 0 Å². The number of rotatable bonds is 5. The van der Waals surface area contributed by atoms with E-state index in [0.29, 0.717) is 0 Å². The first kappa shape index (κ1) is 13.1. The molecule has 0 bridgehead atoms. The monoisotopic (exact) mass is 306 g/mol. The van der Waals surface area contributed by atoms with Gasteiger partial charge in [0.25, 0.3) is 0 Å². The van der Waals surface area contributed by atoms with Crippen LogP contribution in [0.2, 0.25) is 0 Å². The Morgan fingerprint density at radius 2 is 1.89 bits per heavy atom. The van der Waals surface area contributed by atoms with Crippen LogP contribution in [0.25, 0.3) is 0 Å². The predicted octanol–water partition coefficient (Wildman–Crippen LogP) is 1.86. The Morgan fingerprint density at radius 1 is 1.11 bits per heavy atom. The Hall–Kier alpha value is -1.30. The highest BCUT2D eigenvalue weighted by molar-refractivity contribution is 9.10. The van der Waals surface area contributed by atoms with E-state index < -0.39 is 0 Å². The molecule has 4 nitrogen and oxygen atoms in total. The van der Waals surface area contributed by atoms with Gasteiger partial charge in [-0.15, -0.1) is 0 Å². The number of hydrogen-bond donors (Lipinski definition) is 2. The van der Waals surface area contributed by atoms with E-state index in [1.54, 1.807) is 12.4 Å². The van der Waals surface area contributed by atoms with E-state index in [2.05, 4.69) is 31.3 Å². The fourth-order valence-corrected chi connectivity index (χ4v) is 1.98. The summed E-state index contributed by atoms with van der Waals surface area (Å²) in [6.07, 6.45) is 5.15. The number of aromatic nitrogens is 2. The summed E-state index contributed by atoms with van der Waals surface area (Å²) >= 11 is 3.37. The van der Waals surface area contributed by atoms with Crippen molar-refractivity contribution in [3.8, 4) is 0 Å². The number of pyridine rings is 2. The lowest BCUT2D eigenvalue weighted by Crippen LogP contribution is -2.38. The molecule has 0 aliphatic rings. The van der Waals surface area contributed by atoms with Crippen molar-refractivity contribution >= 4 is 15.9 Å². The van der Waals surface area contributed by atoms with Crippen molar-refractivity contribution < 1.29 is 0 Å². The molecule has 2 aromatic rings. The summed E-state index contributed by atoms with van der Waals surface area (Å²) in [5, 5.41) is 0. The Morgan fingerprint density at radius 3 is 2.44 bits per heavy atom. The van der Waals surface area contributed by atoms with Gasteiger partial charge in [0.15, 0.2) is 0 Å². The van der Waals surface area contributed by atoms with Gasteiger partial charge in [0.05, 0.1) is 0 Å². The highest BCUT2D eigenvalue weighted by Crippen LogP contribution is 2.10. The van der Waals surface area contributed by atoms with Crippen molar-refractivity contribution in [3.05, 3.63) is 58.6 Å². The van der Waals surface area contributed by atoms with Gasteiger partial charge in [-0.05, 0) is 40.2 Å². The summed E-state index contributed by atoms with van der Waals surface area (Å²) in [6.45, 7) is 0. The predicted molar refractivity (Wildman–Crippen MR) is 74.7 cm³/mol. The summed E-state index contributed by atoms with van der Waals surface area (Å²) in [6, 6.07) is 10.00. The number of hydrogen-bond acceptors (Lipinski definition) is 4. The molecular formula is C13H15BrN4. The highest BCUT2D eigenvalue weighted by Gasteiger charge is 2.10. The van der Waals surface area contributed by atoms with Crippen LogP contribution in [0.3, 0.4) is 0 Å². The van der Waals surface area contributed by atoms with Crippen LogP contribution < -0.4 is 11.3 Å². The van der Waals surface area contributed by atoms with E-state index >= 15 is 0 Å². The maximum atomic E-state index is 5.58. The molecule has 5 heteroatoms. The first-order valence-corrected chi connectivity index (χ1v) is 6.53. The van der Waals surface area contributed by atoms with Crippen LogP contribution >= 0.6 is 15.9 Å². The van der Waals surface area contributed by atoms with E-state index in [0.717, 1.165) is 28.7 Å². The third kappa shape index (κ3) is 3.87. The van der Waals surface area contributed by atoms with Gasteiger partial charge in [-0.25, -0.2) is 0 Å². The zero-order valence-corrected chi connectivity index (χ0v) is 11.5. The summed E-state index contributed by atoms with van der Waals surface area (Å²) < 4.78 is 0.980. The third-order valence-corrected chi connectivity index (χ3v) is 3.13. The van der Waals surface area contributed by atoms with Gasteiger partial charge in [0.1, 0.15) is 0 Å². The molecule has 0 amide bonds. The van der Waals surface area contributed by atoms with Gasteiger partial charge in [0, 0.05) is 47.1 Å². The number of halogens is 1. The lowest BCUT2D eigenvalue weighted by molar-refractivity contribution is 0.512. The zero-order valence-electron chi connectivity index (χ0n) is 9.88. The molecule has 2 heterocycles. The average Bonchev–Trinajstić information content (AvgIpc) is 2.41. The lowest BCUT2D eigenvalue weighted by atomic mass is 10.1. The highest BCUT2D eigenvalue weighted by atomic mass is 79.9. The molecule has 0 radical (unpaired) electrons. The van der Waals surface area contributed by atoms with E-state index in [1.165, 1.54) is 0 Å². The second-order valence-corrected chi connectivity index (χ2v) is 4.98. The Labute approximate surface area is 115 Å². The van der Waals surface area contributed by atoms with Crippen molar-refractivity contribution in [2.75, 3.05) is 0 Å². The van der Waals surface area contributed by atoms with Gasteiger partial charge in [-0.2, -0.15) is 0 Å². The summed E-state index contributed by atoms with van der Waals surface area (Å²) in [4.78, 5) is 8.64. The number of nitrogens with one attached hydrogen (secondary N) is 1. The third-order valence-electron chi connectivity index (χ3n) is 2.66. The largest absolute Gasteiger partial charge is 0.271 e. The normalized spacial score (nSPS) is 12.3. The summed E-state index contributed by atoms with van der Waals surface area (Å²) in [7, 11) is 0. The van der Waals surface area contributed by atoms with E-state index in [4.69, 9.17) is 5.84 Å². The van der Waals surface area contributed by atoms with Crippen LogP contribution in [0, 0.1) is 0 Å². The molecule has 94 valence electrons. The van der Waals surface area contributed by atoms with Crippen molar-refractivity contribution in [2.24, 2.45) is 5.84 Å². The average molecular weight is 307 g/mol. The topological polar surface area (TPSA) is 63.8 Å². The first-order valence-electron chi connectivity index (χ1n) is 5.74. The molecule has 2 aromatic heterocycles. The van der Waals surface area contributed by atoms with Gasteiger partial charge in [-0.3, -0.25) is 21.2 Å². The van der Waals surface area contributed by atoms with Crippen molar-refractivity contribution in [2.45, 2.75) is 18.9 Å². The van der Waals surface area contributed by atoms with Crippen molar-refractivity contribution in [1.82, 2.24) is 15.4 Å². The van der Waals surface area contributed by atoms with E-state index in [1.807, 2.05) is 30.3 Å². The lowest BCUT2D eigenvalue weighted by Gasteiger charge is -2.14. The SMILES string of the molecule is NNC(Cc1ccccn1)Cc1ccc(Br)cn1. The molecular weight excluding hydrogens is 292 g/mol. The maximum absolute atomic E-state index is 5.58. The molecule has 0 aliphatic heterocycles. The fourth-order valence-electron chi connectivity index (χ4n) is 1.74. The molecule has 0 saturated carbocycles. The Kier molecular flexibility index (Phi) is 4.81. The molecule has 0 saturated heterocycles. The second-order valence-electron chi connectivity index (χ2n) is 4.06. The minimum absolute atomic E-state index is 0.133. The maximum Gasteiger partial charge on any atom is 0.0420 e. The standard InChI is InChI=1S/C13H15BrN4/c14-10-4-5-12(17-9-10)8-13(18-15)7-11-3-1-2-6-16-11/h1-6,9,13,18H,7-8,15H2. The van der Waals surface area contributed by atoms with Crippen molar-refractivity contribution in [1.29, 1.82) is 0 Å². The summed E-state index contributed by atoms with van der Waals surface area (Å²) in [5.41, 5.74) is 4.86. The number of hydrazine groups is 1. The molecule has 0 spiro atoms. The zero-order chi connectivity index (χ0) is 12.8. The fraction of sp³-hybridized carbons (Fsp3) is 0.231. The number of nitrogens with two attached hydrogens (primary N) is 1. The van der Waals surface area contributed by atoms with Crippen LogP contribution in [0.1, 0.15) is 11.4 Å². The minimum atomic E-state index is 0.133. The van der Waals surface area contributed by atoms with E-state index in [9.17, 15) is 0 Å². The van der Waals surface area contributed by atoms with Gasteiger partial charge in [-0.1, -0.05) is 6.07 Å². The van der Waals surface area contributed by atoms with Crippen LogP contribution in [-0.4, -0.2) is 16.0 Å². The molecule has 1 atom stereocenters. The van der Waals surface area contributed by atoms with E-state index in [-0.39, 0.29) is 6.04 Å². The van der Waals surface area contributed by atoms with Crippen molar-refractivity contribution in [3.63, 3.8) is 0 Å².